The molecule has 0 aliphatic carbocycles. The maximum absolute atomic E-state index is 12.8. The summed E-state index contributed by atoms with van der Waals surface area (Å²) < 4.78 is 0. The summed E-state index contributed by atoms with van der Waals surface area (Å²) in [4.78, 5) is 17.3. The Bertz CT molecular complexity index is 828. The van der Waals surface area contributed by atoms with Crippen LogP contribution in [0.1, 0.15) is 39.2 Å². The number of benzene rings is 2. The minimum absolute atomic E-state index is 0.0193. The lowest BCUT2D eigenvalue weighted by molar-refractivity contribution is 0.103. The molecule has 0 fully saturated rings. The van der Waals surface area contributed by atoms with Crippen molar-refractivity contribution >= 4 is 17.5 Å². The summed E-state index contributed by atoms with van der Waals surface area (Å²) in [5, 5.41) is 1.00. The van der Waals surface area contributed by atoms with Crippen LogP contribution in [0.4, 0.5) is 0 Å². The zero-order valence-electron chi connectivity index (χ0n) is 13.8. The van der Waals surface area contributed by atoms with Crippen molar-refractivity contribution in [2.45, 2.75) is 24.1 Å². The maximum Gasteiger partial charge on any atom is 0.195 e. The summed E-state index contributed by atoms with van der Waals surface area (Å²) in [5.41, 5.74) is 3.73. The number of thioether (sulfide) groups is 1. The van der Waals surface area contributed by atoms with Gasteiger partial charge in [0.05, 0.1) is 5.56 Å². The summed E-state index contributed by atoms with van der Waals surface area (Å²) in [7, 11) is 0. The first-order chi connectivity index (χ1) is 11.6. The molecule has 1 heterocycles. The quantitative estimate of drug-likeness (QED) is 0.458. The van der Waals surface area contributed by atoms with Crippen molar-refractivity contribution in [1.29, 1.82) is 0 Å². The average Bonchev–Trinajstić information content (AvgIpc) is 2.63. The van der Waals surface area contributed by atoms with E-state index in [0.717, 1.165) is 10.6 Å². The molecule has 0 N–H and O–H groups in total. The first-order valence-electron chi connectivity index (χ1n) is 7.93. The van der Waals surface area contributed by atoms with Gasteiger partial charge < -0.3 is 0 Å². The zero-order chi connectivity index (χ0) is 16.9. The smallest absolute Gasteiger partial charge is 0.195 e. The molecule has 1 aromatic heterocycles. The van der Waals surface area contributed by atoms with Gasteiger partial charge in [0.25, 0.3) is 0 Å². The highest BCUT2D eigenvalue weighted by Gasteiger charge is 2.17. The SMILES string of the molecule is Cc1ccc(C(=O)c2cccnc2SC(C)c2ccccc2)cc1. The van der Waals surface area contributed by atoms with E-state index in [0.29, 0.717) is 11.1 Å². The van der Waals surface area contributed by atoms with Crippen LogP contribution in [0.2, 0.25) is 0 Å². The number of aromatic nitrogens is 1. The Labute approximate surface area is 147 Å². The van der Waals surface area contributed by atoms with E-state index >= 15 is 0 Å². The summed E-state index contributed by atoms with van der Waals surface area (Å²) in [6, 6.07) is 21.6. The number of nitrogens with zero attached hydrogens (tertiary/aromatic N) is 1. The molecule has 0 saturated carbocycles. The van der Waals surface area contributed by atoms with E-state index in [4.69, 9.17) is 0 Å². The molecule has 0 bridgehead atoms. The van der Waals surface area contributed by atoms with Gasteiger partial charge in [-0.15, -0.1) is 0 Å². The van der Waals surface area contributed by atoms with E-state index < -0.39 is 0 Å². The molecular formula is C21H19NOS. The molecule has 1 atom stereocenters. The van der Waals surface area contributed by atoms with Gasteiger partial charge in [0.2, 0.25) is 0 Å². The van der Waals surface area contributed by atoms with E-state index in [1.165, 1.54) is 5.56 Å². The Morgan fingerprint density at radius 1 is 0.958 bits per heavy atom. The number of rotatable bonds is 5. The van der Waals surface area contributed by atoms with Crippen LogP contribution in [-0.4, -0.2) is 10.8 Å². The van der Waals surface area contributed by atoms with Crippen molar-refractivity contribution in [3.8, 4) is 0 Å². The molecule has 2 aromatic carbocycles. The van der Waals surface area contributed by atoms with Crippen molar-refractivity contribution < 1.29 is 4.79 Å². The fraction of sp³-hybridized carbons (Fsp3) is 0.143. The second kappa shape index (κ2) is 7.45. The lowest BCUT2D eigenvalue weighted by atomic mass is 10.0. The van der Waals surface area contributed by atoms with Gasteiger partial charge in [0.1, 0.15) is 5.03 Å². The molecule has 1 unspecified atom stereocenters. The second-order valence-electron chi connectivity index (χ2n) is 5.72. The van der Waals surface area contributed by atoms with Crippen LogP contribution < -0.4 is 0 Å². The molecule has 3 heteroatoms. The zero-order valence-corrected chi connectivity index (χ0v) is 14.6. The van der Waals surface area contributed by atoms with Gasteiger partial charge in [-0.05, 0) is 31.5 Å². The van der Waals surface area contributed by atoms with Gasteiger partial charge in [-0.2, -0.15) is 0 Å². The minimum Gasteiger partial charge on any atom is -0.289 e. The number of hydrogen-bond donors (Lipinski definition) is 0. The summed E-state index contributed by atoms with van der Waals surface area (Å²) >= 11 is 1.62. The normalized spacial score (nSPS) is 11.9. The Balaban J connectivity index is 1.88. The highest BCUT2D eigenvalue weighted by Crippen LogP contribution is 2.35. The van der Waals surface area contributed by atoms with Crippen LogP contribution in [-0.2, 0) is 0 Å². The molecular weight excluding hydrogens is 314 g/mol. The first-order valence-corrected chi connectivity index (χ1v) is 8.81. The highest BCUT2D eigenvalue weighted by molar-refractivity contribution is 7.99. The molecule has 3 rings (SSSR count). The van der Waals surface area contributed by atoms with Crippen LogP contribution in [0.15, 0.2) is 78.0 Å². The van der Waals surface area contributed by atoms with E-state index in [-0.39, 0.29) is 11.0 Å². The third-order valence-corrected chi connectivity index (χ3v) is 5.06. The molecule has 0 saturated heterocycles. The Hall–Kier alpha value is -2.39. The van der Waals surface area contributed by atoms with Crippen molar-refractivity contribution in [1.82, 2.24) is 4.98 Å². The lowest BCUT2D eigenvalue weighted by Crippen LogP contribution is -2.05. The Morgan fingerprint density at radius 3 is 2.38 bits per heavy atom. The average molecular weight is 333 g/mol. The number of aryl methyl sites for hydroxylation is 1. The van der Waals surface area contributed by atoms with Crippen LogP contribution in [0.25, 0.3) is 0 Å². The number of carbonyl (C=O) groups excluding carboxylic acids is 1. The monoisotopic (exact) mass is 333 g/mol. The highest BCUT2D eigenvalue weighted by atomic mass is 32.2. The van der Waals surface area contributed by atoms with Crippen LogP contribution in [0.5, 0.6) is 0 Å². The molecule has 24 heavy (non-hydrogen) atoms. The molecule has 2 nitrogen and oxygen atoms in total. The van der Waals surface area contributed by atoms with Gasteiger partial charge in [0.15, 0.2) is 5.78 Å². The molecule has 3 aromatic rings. The van der Waals surface area contributed by atoms with Crippen molar-refractivity contribution in [2.24, 2.45) is 0 Å². The fourth-order valence-corrected chi connectivity index (χ4v) is 3.52. The van der Waals surface area contributed by atoms with Crippen molar-refractivity contribution in [2.75, 3.05) is 0 Å². The molecule has 0 aliphatic rings. The van der Waals surface area contributed by atoms with Crippen LogP contribution in [0, 0.1) is 6.92 Å². The molecule has 0 spiro atoms. The number of ketones is 1. The van der Waals surface area contributed by atoms with Crippen LogP contribution >= 0.6 is 11.8 Å². The second-order valence-corrected chi connectivity index (χ2v) is 7.05. The van der Waals surface area contributed by atoms with Gasteiger partial charge in [-0.1, -0.05) is 71.9 Å². The van der Waals surface area contributed by atoms with E-state index in [2.05, 4.69) is 24.0 Å². The number of hydrogen-bond acceptors (Lipinski definition) is 3. The van der Waals surface area contributed by atoms with E-state index in [1.807, 2.05) is 61.5 Å². The van der Waals surface area contributed by atoms with Crippen molar-refractivity contribution in [3.63, 3.8) is 0 Å². The predicted octanol–water partition coefficient (Wildman–Crippen LogP) is 5.47. The Morgan fingerprint density at radius 2 is 1.67 bits per heavy atom. The predicted molar refractivity (Wildman–Crippen MR) is 99.6 cm³/mol. The molecule has 0 aliphatic heterocycles. The van der Waals surface area contributed by atoms with Crippen molar-refractivity contribution in [3.05, 3.63) is 95.2 Å². The first kappa shape index (κ1) is 16.5. The molecule has 0 radical (unpaired) electrons. The molecule has 120 valence electrons. The van der Waals surface area contributed by atoms with Gasteiger partial charge in [-0.3, -0.25) is 4.79 Å². The third kappa shape index (κ3) is 3.74. The van der Waals surface area contributed by atoms with E-state index in [9.17, 15) is 4.79 Å². The lowest BCUT2D eigenvalue weighted by Gasteiger charge is -2.13. The summed E-state index contributed by atoms with van der Waals surface area (Å²) in [5.74, 6) is 0.0193. The number of pyridine rings is 1. The van der Waals surface area contributed by atoms with Gasteiger partial charge in [0, 0.05) is 17.0 Å². The van der Waals surface area contributed by atoms with Gasteiger partial charge >= 0.3 is 0 Å². The summed E-state index contributed by atoms with van der Waals surface area (Å²) in [6.07, 6.45) is 1.74. The largest absolute Gasteiger partial charge is 0.289 e. The fourth-order valence-electron chi connectivity index (χ4n) is 2.48. The third-order valence-electron chi connectivity index (χ3n) is 3.89. The van der Waals surface area contributed by atoms with Crippen LogP contribution in [0.3, 0.4) is 0 Å². The Kier molecular flexibility index (Phi) is 5.11. The standard InChI is InChI=1S/C21H19NOS/c1-15-10-12-18(13-11-15)20(23)19-9-6-14-22-21(19)24-16(2)17-7-4-3-5-8-17/h3-14,16H,1-2H3. The summed E-state index contributed by atoms with van der Waals surface area (Å²) in [6.45, 7) is 4.15. The van der Waals surface area contributed by atoms with E-state index in [1.54, 1.807) is 18.0 Å². The topological polar surface area (TPSA) is 30.0 Å². The maximum atomic E-state index is 12.8. The number of carbonyl (C=O) groups is 1. The van der Waals surface area contributed by atoms with Gasteiger partial charge in [-0.25, -0.2) is 4.98 Å². The molecule has 0 amide bonds. The minimum atomic E-state index is 0.0193.